The van der Waals surface area contributed by atoms with E-state index in [1.165, 1.54) is 31.4 Å². The van der Waals surface area contributed by atoms with Gasteiger partial charge in [0.25, 0.3) is 12.0 Å². The van der Waals surface area contributed by atoms with E-state index in [9.17, 15) is 13.6 Å². The number of hydrogen-bond acceptors (Lipinski definition) is 7. The van der Waals surface area contributed by atoms with E-state index in [1.54, 1.807) is 0 Å². The molecule has 8 nitrogen and oxygen atoms in total. The summed E-state index contributed by atoms with van der Waals surface area (Å²) in [5, 5.41) is 16.5. The van der Waals surface area contributed by atoms with Crippen LogP contribution in [0.3, 0.4) is 0 Å². The normalized spacial score (nSPS) is 10.7. The van der Waals surface area contributed by atoms with Crippen molar-refractivity contribution in [3.8, 4) is 23.4 Å². The van der Waals surface area contributed by atoms with Gasteiger partial charge < -0.3 is 14.5 Å². The first kappa shape index (κ1) is 21.6. The Balaban J connectivity index is 2.02. The molecule has 3 aromatic rings. The Morgan fingerprint density at radius 2 is 2.07 bits per heavy atom. The maximum atomic E-state index is 13.6. The molecule has 2 aromatic heterocycles. The Labute approximate surface area is 181 Å². The van der Waals surface area contributed by atoms with E-state index in [-0.39, 0.29) is 34.6 Å². The zero-order valence-corrected chi connectivity index (χ0v) is 17.5. The van der Waals surface area contributed by atoms with Crippen molar-refractivity contribution in [3.05, 3.63) is 66.9 Å². The molecule has 0 aliphatic carbocycles. The van der Waals surface area contributed by atoms with E-state index in [2.05, 4.69) is 36.1 Å². The van der Waals surface area contributed by atoms with Gasteiger partial charge in [0.1, 0.15) is 11.6 Å². The third kappa shape index (κ3) is 4.90. The van der Waals surface area contributed by atoms with E-state index in [1.807, 2.05) is 6.07 Å². The topological polar surface area (TPSA) is 114 Å². The number of aromatic amines is 1. The molecule has 0 atom stereocenters. The number of rotatable bonds is 6. The number of nitrogens with zero attached hydrogens (tertiary/aromatic N) is 4. The molecule has 0 aliphatic rings. The highest BCUT2D eigenvalue weighted by Gasteiger charge is 2.23. The van der Waals surface area contributed by atoms with Gasteiger partial charge in [-0.15, -0.1) is 10.2 Å². The second-order valence-electron chi connectivity index (χ2n) is 5.80. The monoisotopic (exact) mass is 497 g/mol. The molecule has 0 unspecified atom stereocenters. The van der Waals surface area contributed by atoms with Crippen LogP contribution in [0.4, 0.5) is 8.78 Å². The van der Waals surface area contributed by atoms with Crippen molar-refractivity contribution in [2.75, 3.05) is 7.11 Å². The van der Waals surface area contributed by atoms with Gasteiger partial charge in [-0.1, -0.05) is 27.5 Å². The Morgan fingerprint density at radius 3 is 2.73 bits per heavy atom. The summed E-state index contributed by atoms with van der Waals surface area (Å²) in [6, 6.07) is 7.57. The summed E-state index contributed by atoms with van der Waals surface area (Å²) in [4.78, 5) is 18.8. The van der Waals surface area contributed by atoms with E-state index >= 15 is 0 Å². The lowest BCUT2D eigenvalue weighted by Gasteiger charge is -2.12. The molecule has 1 aromatic carbocycles. The summed E-state index contributed by atoms with van der Waals surface area (Å²) in [5.41, 5.74) is -1.16. The van der Waals surface area contributed by atoms with Gasteiger partial charge in [-0.3, -0.25) is 4.79 Å². The highest BCUT2D eigenvalue weighted by molar-refractivity contribution is 9.10. The first-order valence-corrected chi connectivity index (χ1v) is 9.33. The summed E-state index contributed by atoms with van der Waals surface area (Å²) < 4.78 is 38.2. The van der Waals surface area contributed by atoms with Gasteiger partial charge in [0, 0.05) is 16.5 Å². The molecule has 0 saturated carbocycles. The van der Waals surface area contributed by atoms with Gasteiger partial charge in [0.05, 0.1) is 18.7 Å². The largest absolute Gasteiger partial charge is 0.480 e. The lowest BCUT2D eigenvalue weighted by atomic mass is 10.2. The Morgan fingerprint density at radius 1 is 1.30 bits per heavy atom. The quantitative estimate of drug-likeness (QED) is 0.542. The number of ether oxygens (including phenoxy) is 2. The number of H-pyrrole nitrogens is 1. The van der Waals surface area contributed by atoms with Crippen LogP contribution < -0.4 is 15.0 Å². The second-order valence-corrected chi connectivity index (χ2v) is 7.10. The molecule has 1 N–H and O–H groups in total. The zero-order valence-electron chi connectivity index (χ0n) is 15.1. The SMILES string of the molecule is COc1nnc(Cl)cc1Cc1nc(C(F)F)c(Oc2cc(Br)cc(C#N)c2)c(=O)[nH]1. The molecular weight excluding hydrogens is 488 g/mol. The second kappa shape index (κ2) is 9.15. The van der Waals surface area contributed by atoms with Crippen molar-refractivity contribution in [1.29, 1.82) is 5.26 Å². The molecule has 0 fully saturated rings. The van der Waals surface area contributed by atoms with Crippen LogP contribution >= 0.6 is 27.5 Å². The number of alkyl halides is 2. The molecule has 2 heterocycles. The maximum Gasteiger partial charge on any atom is 0.294 e. The minimum absolute atomic E-state index is 0.0228. The molecule has 12 heteroatoms. The van der Waals surface area contributed by atoms with Gasteiger partial charge in [-0.2, -0.15) is 5.26 Å². The number of aromatic nitrogens is 4. The third-order valence-corrected chi connectivity index (χ3v) is 4.38. The lowest BCUT2D eigenvalue weighted by Crippen LogP contribution is -2.18. The van der Waals surface area contributed by atoms with Crippen molar-refractivity contribution in [1.82, 2.24) is 20.2 Å². The van der Waals surface area contributed by atoms with Gasteiger partial charge in [-0.05, 0) is 24.3 Å². The summed E-state index contributed by atoms with van der Waals surface area (Å²) in [6.07, 6.45) is -3.19. The minimum Gasteiger partial charge on any atom is -0.480 e. The average molecular weight is 499 g/mol. The molecule has 3 rings (SSSR count). The van der Waals surface area contributed by atoms with E-state index < -0.39 is 23.4 Å². The maximum absolute atomic E-state index is 13.6. The first-order chi connectivity index (χ1) is 14.3. The molecule has 0 aliphatic heterocycles. The van der Waals surface area contributed by atoms with Gasteiger partial charge >= 0.3 is 0 Å². The smallest absolute Gasteiger partial charge is 0.294 e. The number of nitriles is 1. The summed E-state index contributed by atoms with van der Waals surface area (Å²) in [5.74, 6) is -0.612. The summed E-state index contributed by atoms with van der Waals surface area (Å²) >= 11 is 9.00. The van der Waals surface area contributed by atoms with Crippen molar-refractivity contribution in [2.24, 2.45) is 0 Å². The fraction of sp³-hybridized carbons (Fsp3) is 0.167. The first-order valence-electron chi connectivity index (χ1n) is 8.16. The van der Waals surface area contributed by atoms with Crippen LogP contribution in [0.1, 0.15) is 29.1 Å². The third-order valence-electron chi connectivity index (χ3n) is 3.73. The van der Waals surface area contributed by atoms with Gasteiger partial charge in [-0.25, -0.2) is 13.8 Å². The molecule has 30 heavy (non-hydrogen) atoms. The van der Waals surface area contributed by atoms with E-state index in [0.29, 0.717) is 10.0 Å². The standard InChI is InChI=1S/C18H11BrClF2N5O3/c1-29-18-9(4-12(20)26-27-18)5-13-24-14(16(21)22)15(17(28)25-13)30-11-3-8(7-23)2-10(19)6-11/h2-4,6,16H,5H2,1H3,(H,24,25,28). The molecule has 0 saturated heterocycles. The highest BCUT2D eigenvalue weighted by atomic mass is 79.9. The fourth-order valence-electron chi connectivity index (χ4n) is 2.53. The average Bonchev–Trinajstić information content (AvgIpc) is 2.69. The predicted molar refractivity (Wildman–Crippen MR) is 105 cm³/mol. The molecule has 0 radical (unpaired) electrons. The van der Waals surface area contributed by atoms with Crippen molar-refractivity contribution < 1.29 is 18.3 Å². The predicted octanol–water partition coefficient (Wildman–Crippen LogP) is 4.18. The van der Waals surface area contributed by atoms with Gasteiger partial charge in [0.15, 0.2) is 10.8 Å². The van der Waals surface area contributed by atoms with Crippen LogP contribution in [-0.4, -0.2) is 27.3 Å². The highest BCUT2D eigenvalue weighted by Crippen LogP contribution is 2.30. The van der Waals surface area contributed by atoms with Crippen molar-refractivity contribution in [2.45, 2.75) is 12.8 Å². The Kier molecular flexibility index (Phi) is 6.59. The van der Waals surface area contributed by atoms with Crippen LogP contribution in [0.15, 0.2) is 33.5 Å². The van der Waals surface area contributed by atoms with Crippen LogP contribution in [0, 0.1) is 11.3 Å². The molecular formula is C18H11BrClF2N5O3. The number of halogens is 4. The summed E-state index contributed by atoms with van der Waals surface area (Å²) in [6.45, 7) is 0. The number of nitrogens with one attached hydrogen (secondary N) is 1. The van der Waals surface area contributed by atoms with Crippen LogP contribution in [0.25, 0.3) is 0 Å². The van der Waals surface area contributed by atoms with E-state index in [4.69, 9.17) is 26.3 Å². The molecule has 0 amide bonds. The molecule has 154 valence electrons. The van der Waals surface area contributed by atoms with Crippen molar-refractivity contribution >= 4 is 27.5 Å². The number of benzene rings is 1. The zero-order chi connectivity index (χ0) is 21.8. The van der Waals surface area contributed by atoms with Gasteiger partial charge in [0.2, 0.25) is 11.6 Å². The summed E-state index contributed by atoms with van der Waals surface area (Å²) in [7, 11) is 1.35. The van der Waals surface area contributed by atoms with Crippen LogP contribution in [0.5, 0.6) is 17.4 Å². The molecule has 0 bridgehead atoms. The van der Waals surface area contributed by atoms with E-state index in [0.717, 1.165) is 0 Å². The minimum atomic E-state index is -3.09. The Bertz CT molecular complexity index is 1200. The fourth-order valence-corrected chi connectivity index (χ4v) is 3.18. The van der Waals surface area contributed by atoms with Crippen LogP contribution in [-0.2, 0) is 6.42 Å². The number of hydrogen-bond donors (Lipinski definition) is 1. The Hall–Kier alpha value is -3.10. The van der Waals surface area contributed by atoms with Crippen LogP contribution in [0.2, 0.25) is 5.15 Å². The number of methoxy groups -OCH3 is 1. The molecule has 0 spiro atoms. The lowest BCUT2D eigenvalue weighted by molar-refractivity contribution is 0.141. The van der Waals surface area contributed by atoms with Crippen molar-refractivity contribution in [3.63, 3.8) is 0 Å².